The van der Waals surface area contributed by atoms with Gasteiger partial charge in [-0.2, -0.15) is 0 Å². The quantitative estimate of drug-likeness (QED) is 0.807. The Balaban J connectivity index is 1.80. The first-order chi connectivity index (χ1) is 10.1. The molecule has 1 aromatic carbocycles. The minimum absolute atomic E-state index is 0.305. The molecule has 0 fully saturated rings. The van der Waals surface area contributed by atoms with Gasteiger partial charge in [-0.05, 0) is 12.1 Å². The number of rotatable bonds is 3. The van der Waals surface area contributed by atoms with Crippen LogP contribution in [0.4, 0.5) is 5.82 Å². The molecular weight excluding hydrogens is 292 g/mol. The molecule has 0 bridgehead atoms. The maximum absolute atomic E-state index is 12.0. The highest BCUT2D eigenvalue weighted by Crippen LogP contribution is 2.25. The van der Waals surface area contributed by atoms with Gasteiger partial charge in [-0.15, -0.1) is 0 Å². The van der Waals surface area contributed by atoms with E-state index in [0.29, 0.717) is 22.3 Å². The fourth-order valence-electron chi connectivity index (χ4n) is 1.87. The molecule has 0 saturated carbocycles. The van der Waals surface area contributed by atoms with Crippen LogP contribution in [0.2, 0.25) is 5.02 Å². The number of halogens is 1. The summed E-state index contributed by atoms with van der Waals surface area (Å²) in [6.07, 6.45) is 3.03. The van der Waals surface area contributed by atoms with Gasteiger partial charge in [-0.25, -0.2) is 4.98 Å². The molecule has 1 N–H and O–H groups in total. The lowest BCUT2D eigenvalue weighted by Gasteiger charge is -2.00. The second-order valence-corrected chi connectivity index (χ2v) is 4.87. The topological polar surface area (TPSA) is 73.0 Å². The number of nitrogens with zero attached hydrogens (tertiary/aromatic N) is 3. The van der Waals surface area contributed by atoms with Gasteiger partial charge in [0.2, 0.25) is 0 Å². The molecule has 106 valence electrons. The molecule has 7 heteroatoms. The number of carbonyl (C=O) groups is 1. The Bertz CT molecular complexity index is 794. The third-order valence-corrected chi connectivity index (χ3v) is 3.15. The molecular formula is C14H11ClN4O2. The zero-order chi connectivity index (χ0) is 14.8. The molecule has 0 spiro atoms. The largest absolute Gasteiger partial charge is 0.354 e. The van der Waals surface area contributed by atoms with Gasteiger partial charge in [-0.3, -0.25) is 4.79 Å². The van der Waals surface area contributed by atoms with Gasteiger partial charge >= 0.3 is 0 Å². The average molecular weight is 303 g/mol. The Labute approximate surface area is 125 Å². The van der Waals surface area contributed by atoms with E-state index in [1.165, 1.54) is 6.20 Å². The molecule has 21 heavy (non-hydrogen) atoms. The molecule has 3 rings (SSSR count). The smallest absolute Gasteiger partial charge is 0.275 e. The first-order valence-electron chi connectivity index (χ1n) is 6.14. The van der Waals surface area contributed by atoms with E-state index < -0.39 is 0 Å². The molecule has 3 aromatic rings. The Morgan fingerprint density at radius 1 is 1.38 bits per heavy atom. The van der Waals surface area contributed by atoms with Crippen molar-refractivity contribution in [2.75, 3.05) is 5.32 Å². The summed E-state index contributed by atoms with van der Waals surface area (Å²) in [5.41, 5.74) is 1.22. The highest BCUT2D eigenvalue weighted by atomic mass is 35.5. The van der Waals surface area contributed by atoms with Crippen molar-refractivity contribution in [2.24, 2.45) is 7.05 Å². The highest BCUT2D eigenvalue weighted by molar-refractivity contribution is 6.30. The molecule has 0 radical (unpaired) electrons. The van der Waals surface area contributed by atoms with Crippen molar-refractivity contribution in [3.8, 4) is 11.3 Å². The number of anilines is 1. The highest BCUT2D eigenvalue weighted by Gasteiger charge is 2.13. The lowest BCUT2D eigenvalue weighted by atomic mass is 10.2. The van der Waals surface area contributed by atoms with Crippen LogP contribution in [0.5, 0.6) is 0 Å². The SMILES string of the molecule is Cn1cncc1C(=O)Nc1cc(-c2cccc(Cl)c2)on1. The summed E-state index contributed by atoms with van der Waals surface area (Å²) >= 11 is 5.93. The van der Waals surface area contributed by atoms with Crippen LogP contribution >= 0.6 is 11.6 Å². The lowest BCUT2D eigenvalue weighted by Crippen LogP contribution is -2.15. The van der Waals surface area contributed by atoms with E-state index in [1.807, 2.05) is 12.1 Å². The zero-order valence-electron chi connectivity index (χ0n) is 11.1. The molecule has 1 amide bonds. The fraction of sp³-hybridized carbons (Fsp3) is 0.0714. The van der Waals surface area contributed by atoms with E-state index in [4.69, 9.17) is 16.1 Å². The van der Waals surface area contributed by atoms with Gasteiger partial charge in [0, 0.05) is 23.7 Å². The van der Waals surface area contributed by atoms with Crippen LogP contribution in [0.15, 0.2) is 47.4 Å². The molecule has 0 aliphatic rings. The maximum Gasteiger partial charge on any atom is 0.275 e. The number of hydrogen-bond donors (Lipinski definition) is 1. The van der Waals surface area contributed by atoms with E-state index >= 15 is 0 Å². The lowest BCUT2D eigenvalue weighted by molar-refractivity contribution is 0.101. The molecule has 0 aliphatic carbocycles. The second-order valence-electron chi connectivity index (χ2n) is 4.43. The van der Waals surface area contributed by atoms with Gasteiger partial charge in [0.05, 0.1) is 12.5 Å². The van der Waals surface area contributed by atoms with Crippen LogP contribution in [0.25, 0.3) is 11.3 Å². The standard InChI is InChI=1S/C14H11ClN4O2/c1-19-8-16-7-11(19)14(20)17-13-6-12(21-18-13)9-3-2-4-10(15)5-9/h2-8H,1H3,(H,17,18,20). The summed E-state index contributed by atoms with van der Waals surface area (Å²) in [5.74, 6) is 0.551. The Morgan fingerprint density at radius 3 is 2.95 bits per heavy atom. The number of benzene rings is 1. The van der Waals surface area contributed by atoms with E-state index in [0.717, 1.165) is 5.56 Å². The molecule has 2 aromatic heterocycles. The van der Waals surface area contributed by atoms with Crippen molar-refractivity contribution in [1.29, 1.82) is 0 Å². The normalized spacial score (nSPS) is 10.6. The van der Waals surface area contributed by atoms with Gasteiger partial charge < -0.3 is 14.4 Å². The number of aromatic nitrogens is 3. The van der Waals surface area contributed by atoms with Gasteiger partial charge in [0.15, 0.2) is 11.6 Å². The molecule has 0 aliphatic heterocycles. The third kappa shape index (κ3) is 2.80. The number of hydrogen-bond acceptors (Lipinski definition) is 4. The summed E-state index contributed by atoms with van der Waals surface area (Å²) in [6, 6.07) is 8.83. The van der Waals surface area contributed by atoms with Crippen LogP contribution < -0.4 is 5.32 Å². The van der Waals surface area contributed by atoms with E-state index in [9.17, 15) is 4.79 Å². The van der Waals surface area contributed by atoms with Crippen LogP contribution in [-0.4, -0.2) is 20.6 Å². The molecule has 0 saturated heterocycles. The summed E-state index contributed by atoms with van der Waals surface area (Å²) in [7, 11) is 1.74. The predicted octanol–water partition coefficient (Wildman–Crippen LogP) is 2.98. The van der Waals surface area contributed by atoms with Crippen molar-refractivity contribution < 1.29 is 9.32 Å². The molecule has 0 atom stereocenters. The Hall–Kier alpha value is -2.60. The fourth-order valence-corrected chi connectivity index (χ4v) is 2.06. The summed E-state index contributed by atoms with van der Waals surface area (Å²) in [5, 5.41) is 7.08. The molecule has 2 heterocycles. The van der Waals surface area contributed by atoms with E-state index in [-0.39, 0.29) is 5.91 Å². The van der Waals surface area contributed by atoms with Crippen LogP contribution in [0.3, 0.4) is 0 Å². The summed E-state index contributed by atoms with van der Waals surface area (Å²) < 4.78 is 6.83. The van der Waals surface area contributed by atoms with Gasteiger partial charge in [0.25, 0.3) is 5.91 Å². The van der Waals surface area contributed by atoms with Crippen LogP contribution in [0.1, 0.15) is 10.5 Å². The van der Waals surface area contributed by atoms with Crippen molar-refractivity contribution in [3.63, 3.8) is 0 Å². The first kappa shape index (κ1) is 13.4. The summed E-state index contributed by atoms with van der Waals surface area (Å²) in [6.45, 7) is 0. The number of carbonyl (C=O) groups excluding carboxylic acids is 1. The number of amides is 1. The van der Waals surface area contributed by atoms with Crippen molar-refractivity contribution in [1.82, 2.24) is 14.7 Å². The van der Waals surface area contributed by atoms with Gasteiger partial charge in [-0.1, -0.05) is 28.9 Å². The van der Waals surface area contributed by atoms with Gasteiger partial charge in [0.1, 0.15) is 5.69 Å². The molecule has 0 unspecified atom stereocenters. The Kier molecular flexibility index (Phi) is 3.45. The minimum Gasteiger partial charge on any atom is -0.354 e. The van der Waals surface area contributed by atoms with Crippen molar-refractivity contribution in [2.45, 2.75) is 0 Å². The third-order valence-electron chi connectivity index (χ3n) is 2.91. The minimum atomic E-state index is -0.305. The van der Waals surface area contributed by atoms with Crippen molar-refractivity contribution >= 4 is 23.3 Å². The maximum atomic E-state index is 12.0. The molecule has 6 nitrogen and oxygen atoms in total. The van der Waals surface area contributed by atoms with Crippen LogP contribution in [-0.2, 0) is 7.05 Å². The van der Waals surface area contributed by atoms with E-state index in [1.54, 1.807) is 36.1 Å². The summed E-state index contributed by atoms with van der Waals surface area (Å²) in [4.78, 5) is 15.9. The predicted molar refractivity (Wildman–Crippen MR) is 78.1 cm³/mol. The number of aryl methyl sites for hydroxylation is 1. The zero-order valence-corrected chi connectivity index (χ0v) is 11.8. The monoisotopic (exact) mass is 302 g/mol. The average Bonchev–Trinajstić information content (AvgIpc) is 3.08. The number of nitrogens with one attached hydrogen (secondary N) is 1. The second kappa shape index (κ2) is 5.41. The van der Waals surface area contributed by atoms with E-state index in [2.05, 4.69) is 15.5 Å². The first-order valence-corrected chi connectivity index (χ1v) is 6.51. The van der Waals surface area contributed by atoms with Crippen molar-refractivity contribution in [3.05, 3.63) is 53.6 Å². The van der Waals surface area contributed by atoms with Crippen LogP contribution in [0, 0.1) is 0 Å². The Morgan fingerprint density at radius 2 is 2.24 bits per heavy atom. The number of imidazole rings is 1.